The fraction of sp³-hybridized carbons (Fsp3) is 0.519. The van der Waals surface area contributed by atoms with Crippen LogP contribution in [0.3, 0.4) is 0 Å². The molecule has 1 heterocycles. The summed E-state index contributed by atoms with van der Waals surface area (Å²) in [5, 5.41) is 5.72. The van der Waals surface area contributed by atoms with Crippen LogP contribution in [0.1, 0.15) is 50.5 Å². The molecular weight excluding hydrogens is 452 g/mol. The molecule has 0 bridgehead atoms. The van der Waals surface area contributed by atoms with Crippen molar-refractivity contribution in [1.29, 1.82) is 0 Å². The Balaban J connectivity index is 1.35. The zero-order valence-corrected chi connectivity index (χ0v) is 20.3. The van der Waals surface area contributed by atoms with Crippen molar-refractivity contribution >= 4 is 11.7 Å². The minimum atomic E-state index is -0.984. The standard InChI is InChI=1S/C27H33F2N3O3/c1-34-23-9-6-17(14-24(23)35-2)27-11-10-19(16-25(27)32(13-12-27)20-4-3-5-20)31-26(33)30-18-7-8-21(28)22(29)15-18/h6-9,14-15,19-20,25H,3-5,10-13,16H2,1-2H3,(H2,30,31,33)/t19-,25+,27-/m0/s1. The van der Waals surface area contributed by atoms with Gasteiger partial charge >= 0.3 is 6.03 Å². The minimum Gasteiger partial charge on any atom is -0.493 e. The lowest BCUT2D eigenvalue weighted by molar-refractivity contribution is 0.0646. The van der Waals surface area contributed by atoms with Crippen molar-refractivity contribution < 1.29 is 23.0 Å². The second-order valence-corrected chi connectivity index (χ2v) is 10.0. The first-order chi connectivity index (χ1) is 16.9. The maximum Gasteiger partial charge on any atom is 0.319 e. The number of likely N-dealkylation sites (tertiary alicyclic amines) is 1. The third-order valence-electron chi connectivity index (χ3n) is 8.32. The number of carbonyl (C=O) groups excluding carboxylic acids is 1. The molecule has 0 radical (unpaired) electrons. The SMILES string of the molecule is COc1ccc([C@@]23CC[C@H](NC(=O)Nc4ccc(F)c(F)c4)C[C@H]2N(C2CCC2)CC3)cc1OC. The molecule has 3 atom stereocenters. The van der Waals surface area contributed by atoms with Crippen molar-refractivity contribution in [3.63, 3.8) is 0 Å². The first-order valence-corrected chi connectivity index (χ1v) is 12.4. The number of amides is 2. The smallest absolute Gasteiger partial charge is 0.319 e. The van der Waals surface area contributed by atoms with Crippen molar-refractivity contribution in [2.24, 2.45) is 0 Å². The van der Waals surface area contributed by atoms with Gasteiger partial charge < -0.3 is 20.1 Å². The molecule has 1 aliphatic heterocycles. The number of anilines is 1. The molecule has 0 aromatic heterocycles. The van der Waals surface area contributed by atoms with Crippen LogP contribution in [0.2, 0.25) is 0 Å². The molecular formula is C27H33F2N3O3. The number of methoxy groups -OCH3 is 2. The molecule has 35 heavy (non-hydrogen) atoms. The highest BCUT2D eigenvalue weighted by Gasteiger charge is 2.53. The lowest BCUT2D eigenvalue weighted by Crippen LogP contribution is -2.55. The molecule has 0 spiro atoms. The number of ether oxygens (including phenoxy) is 2. The summed E-state index contributed by atoms with van der Waals surface area (Å²) < 4.78 is 37.8. The number of nitrogens with zero attached hydrogens (tertiary/aromatic N) is 1. The average molecular weight is 486 g/mol. The molecule has 2 aromatic rings. The quantitative estimate of drug-likeness (QED) is 0.589. The number of halogens is 2. The zero-order valence-electron chi connectivity index (χ0n) is 20.3. The average Bonchev–Trinajstić information content (AvgIpc) is 3.19. The Kier molecular flexibility index (Phi) is 6.57. The molecule has 1 saturated heterocycles. The van der Waals surface area contributed by atoms with Gasteiger partial charge in [-0.3, -0.25) is 4.90 Å². The molecule has 6 nitrogen and oxygen atoms in total. The largest absolute Gasteiger partial charge is 0.493 e. The zero-order chi connectivity index (χ0) is 24.6. The summed E-state index contributed by atoms with van der Waals surface area (Å²) in [7, 11) is 3.31. The molecule has 5 rings (SSSR count). The van der Waals surface area contributed by atoms with E-state index in [4.69, 9.17) is 9.47 Å². The van der Waals surface area contributed by atoms with Gasteiger partial charge in [0.25, 0.3) is 0 Å². The van der Waals surface area contributed by atoms with E-state index in [1.54, 1.807) is 14.2 Å². The Bertz CT molecular complexity index is 1090. The van der Waals surface area contributed by atoms with E-state index in [0.29, 0.717) is 12.1 Å². The highest BCUT2D eigenvalue weighted by Crippen LogP contribution is 2.52. The molecule has 2 amide bonds. The number of urea groups is 1. The van der Waals surface area contributed by atoms with E-state index >= 15 is 0 Å². The maximum absolute atomic E-state index is 13.5. The number of fused-ring (bicyclic) bond motifs is 1. The highest BCUT2D eigenvalue weighted by atomic mass is 19.2. The fourth-order valence-electron chi connectivity index (χ4n) is 6.28. The van der Waals surface area contributed by atoms with Crippen LogP contribution in [-0.2, 0) is 5.41 Å². The first kappa shape index (κ1) is 23.9. The summed E-state index contributed by atoms with van der Waals surface area (Å²) in [5.41, 5.74) is 1.50. The number of hydrogen-bond acceptors (Lipinski definition) is 4. The summed E-state index contributed by atoms with van der Waals surface area (Å²) in [5.74, 6) is -0.456. The number of hydrogen-bond donors (Lipinski definition) is 2. The molecule has 2 N–H and O–H groups in total. The van der Waals surface area contributed by atoms with Gasteiger partial charge in [0.2, 0.25) is 0 Å². The van der Waals surface area contributed by atoms with Crippen LogP contribution in [0, 0.1) is 11.6 Å². The van der Waals surface area contributed by atoms with Crippen molar-refractivity contribution in [3.8, 4) is 11.5 Å². The molecule has 2 saturated carbocycles. The molecule has 2 aromatic carbocycles. The number of rotatable bonds is 6. The van der Waals surface area contributed by atoms with Gasteiger partial charge in [0.15, 0.2) is 23.1 Å². The lowest BCUT2D eigenvalue weighted by Gasteiger charge is -2.48. The summed E-state index contributed by atoms with van der Waals surface area (Å²) in [6.07, 6.45) is 7.45. The monoisotopic (exact) mass is 485 g/mol. The molecule has 3 aliphatic rings. The number of nitrogens with one attached hydrogen (secondary N) is 2. The van der Waals surface area contributed by atoms with Crippen molar-refractivity contribution in [1.82, 2.24) is 10.2 Å². The first-order valence-electron chi connectivity index (χ1n) is 12.4. The molecule has 2 aliphatic carbocycles. The third-order valence-corrected chi connectivity index (χ3v) is 8.32. The van der Waals surface area contributed by atoms with Crippen LogP contribution in [0.15, 0.2) is 36.4 Å². The summed E-state index contributed by atoms with van der Waals surface area (Å²) in [4.78, 5) is 15.3. The Morgan fingerprint density at radius 3 is 2.49 bits per heavy atom. The van der Waals surface area contributed by atoms with E-state index in [2.05, 4.69) is 27.7 Å². The Morgan fingerprint density at radius 1 is 1.00 bits per heavy atom. The molecule has 3 fully saturated rings. The molecule has 188 valence electrons. The van der Waals surface area contributed by atoms with Crippen LogP contribution in [0.25, 0.3) is 0 Å². The van der Waals surface area contributed by atoms with Gasteiger partial charge in [0.1, 0.15) is 0 Å². The van der Waals surface area contributed by atoms with Gasteiger partial charge in [-0.2, -0.15) is 0 Å². The Labute approximate surface area is 205 Å². The third kappa shape index (κ3) is 4.44. The molecule has 0 unspecified atom stereocenters. The van der Waals surface area contributed by atoms with E-state index in [1.807, 2.05) is 6.07 Å². The minimum absolute atomic E-state index is 0.000703. The topological polar surface area (TPSA) is 62.8 Å². The second kappa shape index (κ2) is 9.64. The van der Waals surface area contributed by atoms with E-state index < -0.39 is 17.7 Å². The fourth-order valence-corrected chi connectivity index (χ4v) is 6.28. The number of carbonyl (C=O) groups is 1. The van der Waals surface area contributed by atoms with Gasteiger partial charge in [-0.05, 0) is 74.9 Å². The van der Waals surface area contributed by atoms with Gasteiger partial charge in [-0.1, -0.05) is 12.5 Å². The predicted octanol–water partition coefficient (Wildman–Crippen LogP) is 5.22. The van der Waals surface area contributed by atoms with Gasteiger partial charge in [0.05, 0.1) is 14.2 Å². The van der Waals surface area contributed by atoms with E-state index in [9.17, 15) is 13.6 Å². The van der Waals surface area contributed by atoms with Crippen LogP contribution in [0.5, 0.6) is 11.5 Å². The maximum atomic E-state index is 13.5. The predicted molar refractivity (Wildman–Crippen MR) is 130 cm³/mol. The highest BCUT2D eigenvalue weighted by molar-refractivity contribution is 5.89. The summed E-state index contributed by atoms with van der Waals surface area (Å²) in [6.45, 7) is 1.05. The van der Waals surface area contributed by atoms with Crippen LogP contribution in [0.4, 0.5) is 19.3 Å². The van der Waals surface area contributed by atoms with E-state index in [1.165, 1.54) is 30.9 Å². The van der Waals surface area contributed by atoms with Crippen LogP contribution >= 0.6 is 0 Å². The van der Waals surface area contributed by atoms with Crippen molar-refractivity contribution in [3.05, 3.63) is 53.6 Å². The number of benzene rings is 2. The van der Waals surface area contributed by atoms with Crippen LogP contribution in [-0.4, -0.2) is 49.8 Å². The summed E-state index contributed by atoms with van der Waals surface area (Å²) >= 11 is 0. The molecule has 8 heteroatoms. The van der Waals surface area contributed by atoms with Gasteiger partial charge in [-0.15, -0.1) is 0 Å². The normalized spacial score (nSPS) is 26.5. The van der Waals surface area contributed by atoms with E-state index in [0.717, 1.165) is 55.9 Å². The lowest BCUT2D eigenvalue weighted by atomic mass is 9.64. The second-order valence-electron chi connectivity index (χ2n) is 10.0. The summed E-state index contributed by atoms with van der Waals surface area (Å²) in [6, 6.07) is 10.2. The Hall–Kier alpha value is -2.87. The van der Waals surface area contributed by atoms with E-state index in [-0.39, 0.29) is 17.1 Å². The van der Waals surface area contributed by atoms with Crippen LogP contribution < -0.4 is 20.1 Å². The van der Waals surface area contributed by atoms with Gasteiger partial charge in [0, 0.05) is 35.3 Å². The van der Waals surface area contributed by atoms with Crippen molar-refractivity contribution in [2.75, 3.05) is 26.1 Å². The van der Waals surface area contributed by atoms with Gasteiger partial charge in [-0.25, -0.2) is 13.6 Å². The van der Waals surface area contributed by atoms with Crippen molar-refractivity contribution in [2.45, 2.75) is 68.5 Å². The Morgan fingerprint density at radius 2 is 1.80 bits per heavy atom.